The number of aliphatic hydroxyl groups excluding tert-OH is 1. The summed E-state index contributed by atoms with van der Waals surface area (Å²) in [6.45, 7) is 1.08. The van der Waals surface area contributed by atoms with E-state index in [9.17, 15) is 14.4 Å². The molecule has 0 unspecified atom stereocenters. The number of halogens is 2. The predicted octanol–water partition coefficient (Wildman–Crippen LogP) is 6.17. The van der Waals surface area contributed by atoms with Crippen LogP contribution in [0.15, 0.2) is 84.4 Å². The molecule has 0 fully saturated rings. The van der Waals surface area contributed by atoms with Crippen molar-refractivity contribution in [3.05, 3.63) is 95.0 Å². The van der Waals surface area contributed by atoms with Gasteiger partial charge in [-0.25, -0.2) is 19.3 Å². The first-order chi connectivity index (χ1) is 19.1. The maximum Gasteiger partial charge on any atom is 0.160 e. The van der Waals surface area contributed by atoms with Crippen LogP contribution in [-0.2, 0) is 0 Å². The summed E-state index contributed by atoms with van der Waals surface area (Å²) in [7, 11) is 0. The largest absolute Gasteiger partial charge is 0.395 e. The van der Waals surface area contributed by atoms with Crippen LogP contribution >= 0.6 is 11.6 Å². The van der Waals surface area contributed by atoms with Crippen molar-refractivity contribution in [1.82, 2.24) is 19.9 Å². The fourth-order valence-corrected chi connectivity index (χ4v) is 4.58. The highest BCUT2D eigenvalue weighted by molar-refractivity contribution is 6.30. The molecule has 0 atom stereocenters. The van der Waals surface area contributed by atoms with Gasteiger partial charge in [-0.2, -0.15) is 4.91 Å². The topological polar surface area (TPSA) is 104 Å². The molecule has 5 rings (SSSR count). The van der Waals surface area contributed by atoms with Gasteiger partial charge in [0.05, 0.1) is 24.5 Å². The average Bonchev–Trinajstić information content (AvgIpc) is 2.97. The standard InChI is InChI=1S/C29H24ClFN6O2/c30-21-7-8-25(31)24(15-21)27-16-23(22-4-2-9-33-29(22)36-27)19-14-20(18-32-17-19)26-5-1-6-28(35-26)37(12-13-38)11-3-10-34-39/h1-2,4-9,14-18,38H,3,10-13H2. The van der Waals surface area contributed by atoms with Crippen molar-refractivity contribution in [1.29, 1.82) is 0 Å². The van der Waals surface area contributed by atoms with Gasteiger partial charge in [0, 0.05) is 58.8 Å². The second-order valence-electron chi connectivity index (χ2n) is 8.81. The van der Waals surface area contributed by atoms with Crippen molar-refractivity contribution in [2.24, 2.45) is 5.18 Å². The van der Waals surface area contributed by atoms with E-state index in [-0.39, 0.29) is 18.7 Å². The van der Waals surface area contributed by atoms with Crippen molar-refractivity contribution >= 4 is 28.5 Å². The van der Waals surface area contributed by atoms with Crippen LogP contribution in [0.2, 0.25) is 5.02 Å². The van der Waals surface area contributed by atoms with Gasteiger partial charge in [-0.1, -0.05) is 22.8 Å². The summed E-state index contributed by atoms with van der Waals surface area (Å²) in [5.41, 5.74) is 4.20. The molecule has 0 bridgehead atoms. The van der Waals surface area contributed by atoms with Gasteiger partial charge >= 0.3 is 0 Å². The molecule has 4 heterocycles. The Hall–Kier alpha value is -4.34. The highest BCUT2D eigenvalue weighted by Crippen LogP contribution is 2.34. The van der Waals surface area contributed by atoms with E-state index in [0.717, 1.165) is 22.1 Å². The molecule has 4 aromatic heterocycles. The number of benzene rings is 1. The molecule has 0 amide bonds. The minimum absolute atomic E-state index is 0.0455. The molecule has 0 radical (unpaired) electrons. The van der Waals surface area contributed by atoms with E-state index in [2.05, 4.69) is 20.1 Å². The van der Waals surface area contributed by atoms with Crippen molar-refractivity contribution in [2.45, 2.75) is 6.42 Å². The van der Waals surface area contributed by atoms with Crippen LogP contribution < -0.4 is 4.90 Å². The molecule has 39 heavy (non-hydrogen) atoms. The Labute approximate surface area is 229 Å². The molecule has 10 heteroatoms. The fraction of sp³-hybridized carbons (Fsp3) is 0.172. The van der Waals surface area contributed by atoms with Gasteiger partial charge < -0.3 is 10.0 Å². The van der Waals surface area contributed by atoms with E-state index < -0.39 is 5.82 Å². The molecule has 0 aliphatic carbocycles. The highest BCUT2D eigenvalue weighted by Gasteiger charge is 2.15. The van der Waals surface area contributed by atoms with Crippen molar-refractivity contribution in [3.8, 4) is 33.6 Å². The summed E-state index contributed by atoms with van der Waals surface area (Å²) in [6, 6.07) is 17.5. The number of anilines is 1. The summed E-state index contributed by atoms with van der Waals surface area (Å²) in [5, 5.41) is 13.6. The van der Waals surface area contributed by atoms with E-state index in [1.807, 2.05) is 47.4 Å². The molecular weight excluding hydrogens is 519 g/mol. The lowest BCUT2D eigenvalue weighted by molar-refractivity contribution is 0.301. The van der Waals surface area contributed by atoms with E-state index in [1.165, 1.54) is 12.1 Å². The fourth-order valence-electron chi connectivity index (χ4n) is 4.40. The summed E-state index contributed by atoms with van der Waals surface area (Å²) in [6.07, 6.45) is 5.66. The zero-order valence-corrected chi connectivity index (χ0v) is 21.6. The first-order valence-corrected chi connectivity index (χ1v) is 12.7. The third kappa shape index (κ3) is 5.89. The molecule has 8 nitrogen and oxygen atoms in total. The van der Waals surface area contributed by atoms with Crippen LogP contribution in [0.3, 0.4) is 0 Å². The van der Waals surface area contributed by atoms with Gasteiger partial charge in [0.2, 0.25) is 0 Å². The van der Waals surface area contributed by atoms with Crippen LogP contribution in [0.5, 0.6) is 0 Å². The van der Waals surface area contributed by atoms with Gasteiger partial charge in [-0.3, -0.25) is 4.98 Å². The van der Waals surface area contributed by atoms with Crippen LogP contribution in [0, 0.1) is 10.7 Å². The zero-order chi connectivity index (χ0) is 27.2. The van der Waals surface area contributed by atoms with E-state index in [4.69, 9.17) is 16.6 Å². The quantitative estimate of drug-likeness (QED) is 0.166. The smallest absolute Gasteiger partial charge is 0.160 e. The van der Waals surface area contributed by atoms with Gasteiger partial charge in [0.15, 0.2) is 5.65 Å². The molecular formula is C29H24ClFN6O2. The summed E-state index contributed by atoms with van der Waals surface area (Å²) in [4.78, 5) is 30.7. The third-order valence-electron chi connectivity index (χ3n) is 6.24. The van der Waals surface area contributed by atoms with Crippen LogP contribution in [0.4, 0.5) is 10.2 Å². The Bertz CT molecular complexity index is 1630. The number of hydrogen-bond donors (Lipinski definition) is 1. The number of fused-ring (bicyclic) bond motifs is 1. The number of hydrogen-bond acceptors (Lipinski definition) is 8. The minimum atomic E-state index is -0.433. The Balaban J connectivity index is 1.57. The number of rotatable bonds is 10. The predicted molar refractivity (Wildman–Crippen MR) is 151 cm³/mol. The van der Waals surface area contributed by atoms with Crippen LogP contribution in [0.1, 0.15) is 6.42 Å². The first kappa shape index (κ1) is 26.3. The summed E-state index contributed by atoms with van der Waals surface area (Å²) < 4.78 is 14.8. The molecule has 0 saturated carbocycles. The van der Waals surface area contributed by atoms with Gasteiger partial charge in [0.1, 0.15) is 11.6 Å². The first-order valence-electron chi connectivity index (χ1n) is 12.4. The molecule has 196 valence electrons. The Morgan fingerprint density at radius 2 is 1.79 bits per heavy atom. The lowest BCUT2D eigenvalue weighted by Gasteiger charge is -2.22. The maximum atomic E-state index is 14.8. The second kappa shape index (κ2) is 12.0. The van der Waals surface area contributed by atoms with E-state index in [0.29, 0.717) is 47.4 Å². The molecule has 0 aliphatic heterocycles. The van der Waals surface area contributed by atoms with E-state index >= 15 is 0 Å². The minimum Gasteiger partial charge on any atom is -0.395 e. The second-order valence-corrected chi connectivity index (χ2v) is 9.25. The van der Waals surface area contributed by atoms with E-state index in [1.54, 1.807) is 24.7 Å². The van der Waals surface area contributed by atoms with Gasteiger partial charge in [-0.05, 0) is 66.6 Å². The zero-order valence-electron chi connectivity index (χ0n) is 20.8. The number of nitroso groups, excluding NO2 is 1. The SMILES string of the molecule is O=NCCCN(CCO)c1cccc(-c2cncc(-c3cc(-c4cc(Cl)ccc4F)nc4ncccc34)c2)n1. The summed E-state index contributed by atoms with van der Waals surface area (Å²) in [5.74, 6) is 0.243. The highest BCUT2D eigenvalue weighted by atomic mass is 35.5. The molecule has 0 aliphatic rings. The average molecular weight is 543 g/mol. The molecule has 1 aromatic carbocycles. The third-order valence-corrected chi connectivity index (χ3v) is 6.47. The Morgan fingerprint density at radius 1 is 0.923 bits per heavy atom. The molecule has 0 saturated heterocycles. The van der Waals surface area contributed by atoms with Crippen molar-refractivity contribution in [3.63, 3.8) is 0 Å². The van der Waals surface area contributed by atoms with Crippen LogP contribution in [0.25, 0.3) is 44.7 Å². The number of aliphatic hydroxyl groups is 1. The number of nitrogens with zero attached hydrogens (tertiary/aromatic N) is 6. The van der Waals surface area contributed by atoms with Gasteiger partial charge in [-0.15, -0.1) is 0 Å². The Morgan fingerprint density at radius 3 is 2.64 bits per heavy atom. The number of aromatic nitrogens is 4. The van der Waals surface area contributed by atoms with Gasteiger partial charge in [0.25, 0.3) is 0 Å². The molecule has 1 N–H and O–H groups in total. The lowest BCUT2D eigenvalue weighted by Crippen LogP contribution is -2.29. The maximum absolute atomic E-state index is 14.8. The number of pyridine rings is 4. The van der Waals surface area contributed by atoms with Crippen molar-refractivity contribution in [2.75, 3.05) is 31.1 Å². The monoisotopic (exact) mass is 542 g/mol. The Kier molecular flexibility index (Phi) is 8.10. The lowest BCUT2D eigenvalue weighted by atomic mass is 9.99. The molecule has 5 aromatic rings. The molecule has 0 spiro atoms. The van der Waals surface area contributed by atoms with Crippen LogP contribution in [-0.4, -0.2) is 51.3 Å². The normalized spacial score (nSPS) is 11.1. The summed E-state index contributed by atoms with van der Waals surface area (Å²) >= 11 is 6.16. The van der Waals surface area contributed by atoms with Crippen molar-refractivity contribution < 1.29 is 9.50 Å².